The van der Waals surface area contributed by atoms with E-state index in [0.29, 0.717) is 36.7 Å². The lowest BCUT2D eigenvalue weighted by molar-refractivity contribution is -0.118. The molecule has 4 N–H and O–H groups in total. The van der Waals surface area contributed by atoms with Gasteiger partial charge in [0.1, 0.15) is 4.88 Å². The molecule has 2 aromatic rings. The molecule has 0 aliphatic carbocycles. The van der Waals surface area contributed by atoms with Gasteiger partial charge in [-0.05, 0) is 0 Å². The largest absolute Gasteiger partial charge is 0.397 e. The van der Waals surface area contributed by atoms with E-state index >= 15 is 0 Å². The summed E-state index contributed by atoms with van der Waals surface area (Å²) < 4.78 is 0.844. The number of rotatable bonds is 3. The highest BCUT2D eigenvalue weighted by Gasteiger charge is 2.22. The van der Waals surface area contributed by atoms with E-state index < -0.39 is 5.91 Å². The fraction of sp³-hybridized carbons (Fsp3) is 0.308. The number of aromatic nitrogens is 1. The zero-order chi connectivity index (χ0) is 15.0. The first-order chi connectivity index (χ1) is 10.1. The molecule has 0 unspecified atom stereocenters. The molecule has 2 aromatic heterocycles. The number of amides is 2. The van der Waals surface area contributed by atoms with Crippen LogP contribution in [0.1, 0.15) is 9.67 Å². The van der Waals surface area contributed by atoms with Gasteiger partial charge in [-0.3, -0.25) is 14.6 Å². The van der Waals surface area contributed by atoms with E-state index in [1.54, 1.807) is 17.3 Å². The lowest BCUT2D eigenvalue weighted by Gasteiger charge is -2.34. The molecular weight excluding hydrogens is 290 g/mol. The third kappa shape index (κ3) is 2.27. The Kier molecular flexibility index (Phi) is 3.38. The van der Waals surface area contributed by atoms with Gasteiger partial charge in [0.2, 0.25) is 6.41 Å². The lowest BCUT2D eigenvalue weighted by Crippen LogP contribution is -2.45. The van der Waals surface area contributed by atoms with Crippen LogP contribution < -0.4 is 16.4 Å². The van der Waals surface area contributed by atoms with Crippen LogP contribution in [-0.2, 0) is 4.79 Å². The zero-order valence-corrected chi connectivity index (χ0v) is 12.1. The molecule has 3 heterocycles. The summed E-state index contributed by atoms with van der Waals surface area (Å²) in [5.74, 6) is -0.523. The first kappa shape index (κ1) is 13.6. The first-order valence-corrected chi connectivity index (χ1v) is 7.33. The predicted molar refractivity (Wildman–Crippen MR) is 82.4 cm³/mol. The second-order valence-electron chi connectivity index (χ2n) is 4.87. The molecule has 1 aliphatic heterocycles. The molecule has 1 aliphatic rings. The van der Waals surface area contributed by atoms with E-state index in [2.05, 4.69) is 9.88 Å². The highest BCUT2D eigenvalue weighted by Crippen LogP contribution is 2.39. The number of fused-ring (bicyclic) bond motifs is 1. The van der Waals surface area contributed by atoms with Crippen LogP contribution in [0.4, 0.5) is 11.4 Å². The highest BCUT2D eigenvalue weighted by atomic mass is 32.1. The molecule has 110 valence electrons. The van der Waals surface area contributed by atoms with Crippen molar-refractivity contribution in [3.63, 3.8) is 0 Å². The SMILES string of the molecule is NC(=O)c1sc2cncc(N3CCN(C=O)CC3)c2c1N. The van der Waals surface area contributed by atoms with Gasteiger partial charge in [0, 0.05) is 37.8 Å². The number of nitrogens with zero attached hydrogens (tertiary/aromatic N) is 3. The zero-order valence-electron chi connectivity index (χ0n) is 11.3. The van der Waals surface area contributed by atoms with Gasteiger partial charge in [0.25, 0.3) is 5.91 Å². The minimum Gasteiger partial charge on any atom is -0.397 e. The van der Waals surface area contributed by atoms with E-state index in [4.69, 9.17) is 11.5 Å². The summed E-state index contributed by atoms with van der Waals surface area (Å²) in [5, 5.41) is 0.823. The van der Waals surface area contributed by atoms with E-state index in [1.807, 2.05) is 0 Å². The van der Waals surface area contributed by atoms with Crippen LogP contribution in [0.5, 0.6) is 0 Å². The Labute approximate surface area is 125 Å². The maximum atomic E-state index is 11.4. The van der Waals surface area contributed by atoms with Gasteiger partial charge < -0.3 is 21.3 Å². The first-order valence-electron chi connectivity index (χ1n) is 6.52. The van der Waals surface area contributed by atoms with Crippen molar-refractivity contribution < 1.29 is 9.59 Å². The van der Waals surface area contributed by atoms with E-state index in [-0.39, 0.29) is 0 Å². The Bertz CT molecular complexity index is 706. The maximum absolute atomic E-state index is 11.4. The van der Waals surface area contributed by atoms with Crippen molar-refractivity contribution in [2.45, 2.75) is 0 Å². The van der Waals surface area contributed by atoms with Crippen LogP contribution in [0.25, 0.3) is 10.1 Å². The van der Waals surface area contributed by atoms with Crippen molar-refractivity contribution >= 4 is 45.1 Å². The van der Waals surface area contributed by atoms with Crippen molar-refractivity contribution in [2.75, 3.05) is 36.8 Å². The number of anilines is 2. The Hall–Kier alpha value is -2.35. The van der Waals surface area contributed by atoms with E-state index in [9.17, 15) is 9.59 Å². The number of thiophene rings is 1. The van der Waals surface area contributed by atoms with Crippen molar-refractivity contribution in [1.29, 1.82) is 0 Å². The lowest BCUT2D eigenvalue weighted by atomic mass is 10.2. The van der Waals surface area contributed by atoms with Gasteiger partial charge in [-0.15, -0.1) is 11.3 Å². The fourth-order valence-electron chi connectivity index (χ4n) is 2.55. The Morgan fingerprint density at radius 3 is 2.62 bits per heavy atom. The van der Waals surface area contributed by atoms with Crippen LogP contribution in [0.15, 0.2) is 12.4 Å². The smallest absolute Gasteiger partial charge is 0.260 e. The molecule has 0 aromatic carbocycles. The average Bonchev–Trinajstić information content (AvgIpc) is 2.85. The topological polar surface area (TPSA) is 106 Å². The molecule has 1 saturated heterocycles. The minimum absolute atomic E-state index is 0.366. The third-order valence-electron chi connectivity index (χ3n) is 3.64. The molecular formula is C13H15N5O2S. The summed E-state index contributed by atoms with van der Waals surface area (Å²) in [7, 11) is 0. The molecule has 0 radical (unpaired) electrons. The van der Waals surface area contributed by atoms with Gasteiger partial charge >= 0.3 is 0 Å². The molecule has 0 atom stereocenters. The monoisotopic (exact) mass is 305 g/mol. The second kappa shape index (κ2) is 5.21. The number of piperazine rings is 1. The molecule has 0 saturated carbocycles. The summed E-state index contributed by atoms with van der Waals surface area (Å²) in [4.78, 5) is 30.7. The van der Waals surface area contributed by atoms with Gasteiger partial charge in [-0.2, -0.15) is 0 Å². The van der Waals surface area contributed by atoms with Crippen LogP contribution in [0.3, 0.4) is 0 Å². The number of hydrogen-bond donors (Lipinski definition) is 2. The number of carbonyl (C=O) groups is 2. The predicted octanol–water partition coefficient (Wildman–Crippen LogP) is 0.256. The van der Waals surface area contributed by atoms with Crippen molar-refractivity contribution in [2.24, 2.45) is 5.73 Å². The summed E-state index contributed by atoms with van der Waals surface area (Å²) in [6.45, 7) is 2.74. The van der Waals surface area contributed by atoms with E-state index in [0.717, 1.165) is 22.2 Å². The summed E-state index contributed by atoms with van der Waals surface area (Å²) in [6, 6.07) is 0. The molecule has 8 heteroatoms. The quantitative estimate of drug-likeness (QED) is 0.791. The number of hydrogen-bond acceptors (Lipinski definition) is 6. The fourth-order valence-corrected chi connectivity index (χ4v) is 3.51. The van der Waals surface area contributed by atoms with Gasteiger partial charge in [0.05, 0.1) is 22.3 Å². The molecule has 21 heavy (non-hydrogen) atoms. The second-order valence-corrected chi connectivity index (χ2v) is 5.92. The van der Waals surface area contributed by atoms with Gasteiger partial charge in [-0.1, -0.05) is 0 Å². The van der Waals surface area contributed by atoms with Crippen LogP contribution >= 0.6 is 11.3 Å². The maximum Gasteiger partial charge on any atom is 0.260 e. The number of nitrogens with two attached hydrogens (primary N) is 2. The van der Waals surface area contributed by atoms with Crippen LogP contribution in [-0.4, -0.2) is 48.4 Å². The average molecular weight is 305 g/mol. The minimum atomic E-state index is -0.523. The number of nitrogen functional groups attached to an aromatic ring is 1. The Morgan fingerprint density at radius 1 is 1.29 bits per heavy atom. The van der Waals surface area contributed by atoms with Crippen molar-refractivity contribution in [3.8, 4) is 0 Å². The highest BCUT2D eigenvalue weighted by molar-refractivity contribution is 7.21. The number of carbonyl (C=O) groups excluding carboxylic acids is 2. The summed E-state index contributed by atoms with van der Waals surface area (Å²) >= 11 is 1.26. The van der Waals surface area contributed by atoms with Crippen LogP contribution in [0.2, 0.25) is 0 Å². The number of pyridine rings is 1. The molecule has 3 rings (SSSR count). The number of primary amides is 1. The van der Waals surface area contributed by atoms with E-state index in [1.165, 1.54) is 11.3 Å². The van der Waals surface area contributed by atoms with Crippen LogP contribution in [0, 0.1) is 0 Å². The molecule has 0 bridgehead atoms. The van der Waals surface area contributed by atoms with Crippen molar-refractivity contribution in [3.05, 3.63) is 17.3 Å². The molecule has 2 amide bonds. The summed E-state index contributed by atoms with van der Waals surface area (Å²) in [5.41, 5.74) is 12.7. The Morgan fingerprint density at radius 2 is 2.00 bits per heavy atom. The molecule has 1 fully saturated rings. The Balaban J connectivity index is 2.03. The van der Waals surface area contributed by atoms with Gasteiger partial charge in [0.15, 0.2) is 0 Å². The normalized spacial score (nSPS) is 15.4. The third-order valence-corrected chi connectivity index (χ3v) is 4.80. The van der Waals surface area contributed by atoms with Crippen molar-refractivity contribution in [1.82, 2.24) is 9.88 Å². The summed E-state index contributed by atoms with van der Waals surface area (Å²) in [6.07, 6.45) is 4.29. The van der Waals surface area contributed by atoms with Gasteiger partial charge in [-0.25, -0.2) is 0 Å². The molecule has 7 nitrogen and oxygen atoms in total. The standard InChI is InChI=1S/C13H15N5O2S/c14-11-10-8(18-3-1-17(7-19)2-4-18)5-16-6-9(10)21-12(11)13(15)20/h5-7H,1-4,14H2,(H2,15,20). The molecule has 0 spiro atoms.